The fourth-order valence-corrected chi connectivity index (χ4v) is 3.95. The lowest BCUT2D eigenvalue weighted by molar-refractivity contribution is -0.918. The van der Waals surface area contributed by atoms with Gasteiger partial charge in [-0.25, -0.2) is 0 Å². The first-order valence-corrected chi connectivity index (χ1v) is 9.86. The molecule has 0 aromatic heterocycles. The minimum atomic E-state index is -0.171. The van der Waals surface area contributed by atoms with Crippen molar-refractivity contribution in [3.05, 3.63) is 63.3 Å². The number of quaternary nitrogens is 1. The van der Waals surface area contributed by atoms with Crippen LogP contribution in [0, 0.1) is 0 Å². The highest BCUT2D eigenvalue weighted by molar-refractivity contribution is 9.10. The van der Waals surface area contributed by atoms with Gasteiger partial charge in [-0.2, -0.15) is 0 Å². The van der Waals surface area contributed by atoms with Crippen molar-refractivity contribution in [1.29, 1.82) is 0 Å². The van der Waals surface area contributed by atoms with Crippen LogP contribution in [-0.4, -0.2) is 43.9 Å². The molecular weight excluding hydrogens is 408 g/mol. The number of fused-ring (bicyclic) bond motifs is 1. The van der Waals surface area contributed by atoms with Crippen molar-refractivity contribution in [1.82, 2.24) is 4.90 Å². The molecule has 0 amide bonds. The highest BCUT2D eigenvalue weighted by atomic mass is 79.9. The lowest BCUT2D eigenvalue weighted by Crippen LogP contribution is -3.13. The lowest BCUT2D eigenvalue weighted by atomic mass is 10.0. The molecule has 1 saturated heterocycles. The summed E-state index contributed by atoms with van der Waals surface area (Å²) < 4.78 is 6.81. The molecule has 2 heterocycles. The molecule has 0 bridgehead atoms. The lowest BCUT2D eigenvalue weighted by Gasteiger charge is -2.30. The number of carbonyl (C=O) groups is 1. The van der Waals surface area contributed by atoms with Gasteiger partial charge in [-0.1, -0.05) is 45.9 Å². The average Bonchev–Trinajstić information content (AvgIpc) is 2.97. The molecule has 2 aliphatic rings. The Hall–Kier alpha value is -2.15. The normalized spacial score (nSPS) is 19.3. The number of nitrogens with one attached hydrogen (secondary N) is 1. The summed E-state index contributed by atoms with van der Waals surface area (Å²) in [6.07, 6.45) is 1.73. The van der Waals surface area contributed by atoms with Crippen molar-refractivity contribution in [3.8, 4) is 11.5 Å². The van der Waals surface area contributed by atoms with Crippen LogP contribution in [0.4, 0.5) is 0 Å². The Morgan fingerprint density at radius 1 is 1.22 bits per heavy atom. The van der Waals surface area contributed by atoms with E-state index in [-0.39, 0.29) is 17.3 Å². The molecule has 0 radical (unpaired) electrons. The van der Waals surface area contributed by atoms with Crippen molar-refractivity contribution in [2.24, 2.45) is 0 Å². The maximum Gasteiger partial charge on any atom is 0.231 e. The number of hydrogen-bond donors (Lipinski definition) is 1. The predicted molar refractivity (Wildman–Crippen MR) is 105 cm³/mol. The number of halogens is 1. The smallest absolute Gasteiger partial charge is 0.231 e. The van der Waals surface area contributed by atoms with Gasteiger partial charge in [0.1, 0.15) is 12.3 Å². The van der Waals surface area contributed by atoms with Gasteiger partial charge in [0, 0.05) is 23.1 Å². The third-order valence-electron chi connectivity index (χ3n) is 5.21. The second-order valence-electron chi connectivity index (χ2n) is 7.11. The Balaban J connectivity index is 1.64. The highest BCUT2D eigenvalue weighted by Gasteiger charge is 2.31. The summed E-state index contributed by atoms with van der Waals surface area (Å²) >= 11 is 3.49. The molecule has 4 rings (SSSR count). The van der Waals surface area contributed by atoms with Crippen LogP contribution in [0.25, 0.3) is 6.08 Å². The van der Waals surface area contributed by atoms with Crippen molar-refractivity contribution < 1.29 is 19.5 Å². The summed E-state index contributed by atoms with van der Waals surface area (Å²) in [5.74, 6) is 0.472. The van der Waals surface area contributed by atoms with Crippen LogP contribution in [-0.2, 0) is 6.54 Å². The minimum Gasteiger partial charge on any atom is -0.872 e. The number of nitrogens with zero attached hydrogens (tertiary/aromatic N) is 1. The van der Waals surface area contributed by atoms with Crippen molar-refractivity contribution >= 4 is 27.8 Å². The third kappa shape index (κ3) is 3.65. The molecule has 5 nitrogen and oxygen atoms in total. The first-order valence-electron chi connectivity index (χ1n) is 9.06. The van der Waals surface area contributed by atoms with Crippen molar-refractivity contribution in [2.45, 2.75) is 6.54 Å². The molecule has 140 valence electrons. The first-order chi connectivity index (χ1) is 13.0. The summed E-state index contributed by atoms with van der Waals surface area (Å²) in [5.41, 5.74) is 1.95. The van der Waals surface area contributed by atoms with Gasteiger partial charge in [-0.05, 0) is 30.8 Å². The molecule has 0 saturated carbocycles. The standard InChI is InChI=1S/C21H21BrN2O3/c1-23-8-10-24(11-9-23)13-16-18(25)7-6-15-20(26)19(27-21(15)16)12-14-4-2-3-5-17(14)22/h2-7,12,25H,8-11,13H2,1H3/b19-12-. The number of allylic oxidation sites excluding steroid dienone is 1. The number of ether oxygens (including phenoxy) is 1. The number of piperazine rings is 1. The summed E-state index contributed by atoms with van der Waals surface area (Å²) in [5, 5.41) is 12.5. The first kappa shape index (κ1) is 18.2. The van der Waals surface area contributed by atoms with Crippen molar-refractivity contribution in [2.75, 3.05) is 33.2 Å². The van der Waals surface area contributed by atoms with E-state index in [0.717, 1.165) is 36.2 Å². The second-order valence-corrected chi connectivity index (χ2v) is 7.96. The van der Waals surface area contributed by atoms with Gasteiger partial charge >= 0.3 is 0 Å². The molecule has 1 fully saturated rings. The van der Waals surface area contributed by atoms with Gasteiger partial charge in [-0.3, -0.25) is 9.69 Å². The third-order valence-corrected chi connectivity index (χ3v) is 5.93. The van der Waals surface area contributed by atoms with Crippen LogP contribution in [0.3, 0.4) is 0 Å². The van der Waals surface area contributed by atoms with E-state index >= 15 is 0 Å². The van der Waals surface area contributed by atoms with E-state index in [2.05, 4.69) is 27.9 Å². The van der Waals surface area contributed by atoms with Crippen LogP contribution in [0.2, 0.25) is 0 Å². The summed E-state index contributed by atoms with van der Waals surface area (Å²) in [6.45, 7) is 4.56. The van der Waals surface area contributed by atoms with Crippen LogP contribution >= 0.6 is 15.9 Å². The van der Waals surface area contributed by atoms with Gasteiger partial charge in [-0.15, -0.1) is 0 Å². The summed E-state index contributed by atoms with van der Waals surface area (Å²) in [6, 6.07) is 10.7. The number of likely N-dealkylation sites (N-methyl/N-ethyl adjacent to an activating group) is 1. The molecule has 0 aliphatic carbocycles. The number of Topliss-reactive ketones (excluding diaryl/α,β-unsaturated/α-hetero) is 1. The maximum absolute atomic E-state index is 12.8. The zero-order valence-electron chi connectivity index (χ0n) is 15.1. The van der Waals surface area contributed by atoms with Gasteiger partial charge in [0.2, 0.25) is 5.78 Å². The van der Waals surface area contributed by atoms with Crippen LogP contribution in [0.15, 0.2) is 46.6 Å². The van der Waals surface area contributed by atoms with Gasteiger partial charge in [0.05, 0.1) is 18.7 Å². The molecule has 2 aromatic rings. The molecule has 2 aliphatic heterocycles. The highest BCUT2D eigenvalue weighted by Crippen LogP contribution is 2.38. The summed E-state index contributed by atoms with van der Waals surface area (Å²) in [7, 11) is 2.11. The summed E-state index contributed by atoms with van der Waals surface area (Å²) in [4.78, 5) is 16.4. The SMILES string of the molecule is CN1CC[NH+](Cc2c([O-])ccc3c2O/C(=C\c2ccccc2Br)C3=O)CC1. The quantitative estimate of drug-likeness (QED) is 0.752. The van der Waals surface area contributed by atoms with Crippen LogP contribution in [0.5, 0.6) is 11.5 Å². The van der Waals surface area contributed by atoms with Crippen molar-refractivity contribution in [3.63, 3.8) is 0 Å². The molecule has 27 heavy (non-hydrogen) atoms. The van der Waals surface area contributed by atoms with E-state index in [4.69, 9.17) is 4.74 Å². The van der Waals surface area contributed by atoms with Gasteiger partial charge < -0.3 is 14.7 Å². The second kappa shape index (κ2) is 7.46. The average molecular weight is 429 g/mol. The fourth-order valence-electron chi connectivity index (χ4n) is 3.55. The molecule has 2 aromatic carbocycles. The maximum atomic E-state index is 12.8. The molecule has 0 unspecified atom stereocenters. The van der Waals surface area contributed by atoms with Gasteiger partial charge in [0.15, 0.2) is 5.76 Å². The number of benzene rings is 2. The van der Waals surface area contributed by atoms with E-state index in [1.807, 2.05) is 24.3 Å². The number of carbonyl (C=O) groups excluding carboxylic acids is 1. The Labute approximate surface area is 167 Å². The number of ketones is 1. The molecule has 6 heteroatoms. The van der Waals surface area contributed by atoms with E-state index in [1.165, 1.54) is 11.0 Å². The number of rotatable bonds is 3. The zero-order valence-corrected chi connectivity index (χ0v) is 16.7. The monoisotopic (exact) mass is 428 g/mol. The topological polar surface area (TPSA) is 57.0 Å². The molecule has 1 N–H and O–H groups in total. The molecule has 0 atom stereocenters. The van der Waals surface area contributed by atoms with E-state index in [9.17, 15) is 9.90 Å². The minimum absolute atomic E-state index is 0.0601. The zero-order chi connectivity index (χ0) is 19.0. The Bertz CT molecular complexity index is 918. The number of hydrogen-bond acceptors (Lipinski definition) is 4. The predicted octanol–water partition coefficient (Wildman–Crippen LogP) is 1.47. The Morgan fingerprint density at radius 3 is 2.70 bits per heavy atom. The largest absolute Gasteiger partial charge is 0.872 e. The molecular formula is C21H21BrN2O3. The van der Waals surface area contributed by atoms with E-state index in [0.29, 0.717) is 23.4 Å². The van der Waals surface area contributed by atoms with Crippen LogP contribution < -0.4 is 14.7 Å². The van der Waals surface area contributed by atoms with Crippen LogP contribution in [0.1, 0.15) is 21.5 Å². The molecule has 0 spiro atoms. The Morgan fingerprint density at radius 2 is 1.96 bits per heavy atom. The van der Waals surface area contributed by atoms with Gasteiger partial charge in [0.25, 0.3) is 0 Å². The fraction of sp³-hybridized carbons (Fsp3) is 0.286. The van der Waals surface area contributed by atoms with E-state index < -0.39 is 0 Å². The Kier molecular flexibility index (Phi) is 5.04. The van der Waals surface area contributed by atoms with E-state index in [1.54, 1.807) is 12.1 Å².